The molecule has 0 amide bonds. The fourth-order valence-electron chi connectivity index (χ4n) is 2.23. The van der Waals surface area contributed by atoms with Gasteiger partial charge in [-0.15, -0.1) is 0 Å². The summed E-state index contributed by atoms with van der Waals surface area (Å²) >= 11 is 0. The molecule has 0 aliphatic carbocycles. The second-order valence-electron chi connectivity index (χ2n) is 5.55. The minimum Gasteiger partial charge on any atom is -0.491 e. The molecule has 1 heterocycles. The maximum atomic E-state index is 5.79. The van der Waals surface area contributed by atoms with Crippen LogP contribution in [0.4, 0.5) is 0 Å². The van der Waals surface area contributed by atoms with Crippen molar-refractivity contribution in [3.05, 3.63) is 24.0 Å². The Labute approximate surface area is 114 Å². The van der Waals surface area contributed by atoms with Crippen LogP contribution in [0, 0.1) is 5.92 Å². The van der Waals surface area contributed by atoms with E-state index in [9.17, 15) is 0 Å². The van der Waals surface area contributed by atoms with Crippen molar-refractivity contribution in [2.24, 2.45) is 11.7 Å². The minimum atomic E-state index is 0.171. The molecule has 1 aromatic heterocycles. The number of imidazole rings is 1. The molecule has 4 heteroatoms. The van der Waals surface area contributed by atoms with Crippen molar-refractivity contribution in [1.82, 2.24) is 9.55 Å². The zero-order valence-electron chi connectivity index (χ0n) is 12.2. The molecule has 0 saturated heterocycles. The zero-order chi connectivity index (χ0) is 14.0. The first kappa shape index (κ1) is 13.9. The normalized spacial score (nSPS) is 11.7. The number of nitrogens with zero attached hydrogens (tertiary/aromatic N) is 2. The summed E-state index contributed by atoms with van der Waals surface area (Å²) in [5.41, 5.74) is 7.88. The maximum absolute atomic E-state index is 5.79. The molecule has 0 aliphatic rings. The maximum Gasteiger partial charge on any atom is 0.123 e. The first-order valence-corrected chi connectivity index (χ1v) is 6.87. The summed E-state index contributed by atoms with van der Waals surface area (Å²) in [7, 11) is 0. The van der Waals surface area contributed by atoms with E-state index in [4.69, 9.17) is 10.5 Å². The van der Waals surface area contributed by atoms with Gasteiger partial charge in [0.05, 0.1) is 23.7 Å². The van der Waals surface area contributed by atoms with Crippen LogP contribution in [-0.4, -0.2) is 15.7 Å². The highest BCUT2D eigenvalue weighted by Crippen LogP contribution is 2.23. The zero-order valence-corrected chi connectivity index (χ0v) is 12.2. The monoisotopic (exact) mass is 261 g/mol. The number of aromatic nitrogens is 2. The van der Waals surface area contributed by atoms with Crippen LogP contribution in [0.3, 0.4) is 0 Å². The number of benzene rings is 1. The lowest BCUT2D eigenvalue weighted by Gasteiger charge is -2.11. The Morgan fingerprint density at radius 2 is 2.00 bits per heavy atom. The van der Waals surface area contributed by atoms with E-state index in [0.29, 0.717) is 12.5 Å². The molecule has 0 bridgehead atoms. The SMILES string of the molecule is CC(C)Cn1c(CN)nc2cc(OC(C)C)ccc21. The first-order valence-electron chi connectivity index (χ1n) is 6.87. The number of hydrogen-bond acceptors (Lipinski definition) is 3. The summed E-state index contributed by atoms with van der Waals surface area (Å²) < 4.78 is 7.91. The Kier molecular flexibility index (Phi) is 4.10. The summed E-state index contributed by atoms with van der Waals surface area (Å²) in [5.74, 6) is 2.36. The van der Waals surface area contributed by atoms with Gasteiger partial charge in [-0.1, -0.05) is 13.8 Å². The van der Waals surface area contributed by atoms with Gasteiger partial charge in [0.25, 0.3) is 0 Å². The van der Waals surface area contributed by atoms with Crippen molar-refractivity contribution in [3.8, 4) is 5.75 Å². The highest BCUT2D eigenvalue weighted by Gasteiger charge is 2.11. The molecular weight excluding hydrogens is 238 g/mol. The summed E-state index contributed by atoms with van der Waals surface area (Å²) in [6.45, 7) is 9.83. The average Bonchev–Trinajstić information content (AvgIpc) is 2.65. The van der Waals surface area contributed by atoms with Crippen molar-refractivity contribution >= 4 is 11.0 Å². The van der Waals surface area contributed by atoms with Gasteiger partial charge in [0.15, 0.2) is 0 Å². The molecule has 0 unspecified atom stereocenters. The third-order valence-electron chi connectivity index (χ3n) is 2.90. The van der Waals surface area contributed by atoms with Crippen LogP contribution in [0.15, 0.2) is 18.2 Å². The van der Waals surface area contributed by atoms with E-state index < -0.39 is 0 Å². The molecule has 4 nitrogen and oxygen atoms in total. The van der Waals surface area contributed by atoms with Crippen molar-refractivity contribution in [2.45, 2.75) is 46.9 Å². The van der Waals surface area contributed by atoms with Crippen molar-refractivity contribution in [2.75, 3.05) is 0 Å². The summed E-state index contributed by atoms with van der Waals surface area (Å²) in [4.78, 5) is 4.61. The number of nitrogens with two attached hydrogens (primary N) is 1. The van der Waals surface area contributed by atoms with E-state index in [1.54, 1.807) is 0 Å². The van der Waals surface area contributed by atoms with Crippen LogP contribution >= 0.6 is 0 Å². The van der Waals surface area contributed by atoms with Gasteiger partial charge in [0.1, 0.15) is 11.6 Å². The highest BCUT2D eigenvalue weighted by atomic mass is 16.5. The average molecular weight is 261 g/mol. The Morgan fingerprint density at radius 3 is 2.58 bits per heavy atom. The molecule has 2 rings (SSSR count). The van der Waals surface area contributed by atoms with Crippen LogP contribution in [0.1, 0.15) is 33.5 Å². The summed E-state index contributed by atoms with van der Waals surface area (Å²) in [6.07, 6.45) is 0.171. The van der Waals surface area contributed by atoms with E-state index in [2.05, 4.69) is 29.5 Å². The van der Waals surface area contributed by atoms with Gasteiger partial charge < -0.3 is 15.0 Å². The topological polar surface area (TPSA) is 53.1 Å². The van der Waals surface area contributed by atoms with Crippen molar-refractivity contribution in [1.29, 1.82) is 0 Å². The van der Waals surface area contributed by atoms with E-state index >= 15 is 0 Å². The molecule has 0 radical (unpaired) electrons. The number of fused-ring (bicyclic) bond motifs is 1. The van der Waals surface area contributed by atoms with Gasteiger partial charge >= 0.3 is 0 Å². The quantitative estimate of drug-likeness (QED) is 0.900. The van der Waals surface area contributed by atoms with E-state index in [-0.39, 0.29) is 6.10 Å². The lowest BCUT2D eigenvalue weighted by atomic mass is 10.2. The third-order valence-corrected chi connectivity index (χ3v) is 2.90. The molecule has 2 aromatic rings. The highest BCUT2D eigenvalue weighted by molar-refractivity contribution is 5.77. The first-order chi connectivity index (χ1) is 9.01. The predicted octanol–water partition coefficient (Wildman–Crippen LogP) is 2.94. The largest absolute Gasteiger partial charge is 0.491 e. The number of rotatable bonds is 5. The lowest BCUT2D eigenvalue weighted by molar-refractivity contribution is 0.242. The molecule has 0 fully saturated rings. The second kappa shape index (κ2) is 5.61. The minimum absolute atomic E-state index is 0.171. The van der Waals surface area contributed by atoms with Gasteiger partial charge in [0.2, 0.25) is 0 Å². The predicted molar refractivity (Wildman–Crippen MR) is 78.2 cm³/mol. The molecule has 0 spiro atoms. The van der Waals surface area contributed by atoms with Crippen molar-refractivity contribution < 1.29 is 4.74 Å². The van der Waals surface area contributed by atoms with Crippen LogP contribution < -0.4 is 10.5 Å². The fourth-order valence-corrected chi connectivity index (χ4v) is 2.23. The molecule has 19 heavy (non-hydrogen) atoms. The molecule has 0 atom stereocenters. The van der Waals surface area contributed by atoms with Crippen LogP contribution in [0.25, 0.3) is 11.0 Å². The Morgan fingerprint density at radius 1 is 1.26 bits per heavy atom. The number of ether oxygens (including phenoxy) is 1. The number of hydrogen-bond donors (Lipinski definition) is 1. The van der Waals surface area contributed by atoms with Crippen LogP contribution in [0.2, 0.25) is 0 Å². The molecule has 2 N–H and O–H groups in total. The Hall–Kier alpha value is -1.55. The van der Waals surface area contributed by atoms with Crippen LogP contribution in [-0.2, 0) is 13.1 Å². The van der Waals surface area contributed by atoms with Crippen molar-refractivity contribution in [3.63, 3.8) is 0 Å². The molecule has 0 aliphatic heterocycles. The smallest absolute Gasteiger partial charge is 0.123 e. The molecule has 1 aromatic carbocycles. The molecular formula is C15H23N3O. The Balaban J connectivity index is 2.44. The lowest BCUT2D eigenvalue weighted by Crippen LogP contribution is -2.11. The van der Waals surface area contributed by atoms with Gasteiger partial charge in [-0.2, -0.15) is 0 Å². The molecule has 104 valence electrons. The van der Waals surface area contributed by atoms with Gasteiger partial charge in [-0.05, 0) is 31.9 Å². The third kappa shape index (κ3) is 3.07. The van der Waals surface area contributed by atoms with E-state index in [1.807, 2.05) is 26.0 Å². The van der Waals surface area contributed by atoms with E-state index in [0.717, 1.165) is 29.2 Å². The Bertz CT molecular complexity index is 558. The summed E-state index contributed by atoms with van der Waals surface area (Å²) in [6, 6.07) is 6.06. The van der Waals surface area contributed by atoms with Crippen LogP contribution in [0.5, 0.6) is 5.75 Å². The van der Waals surface area contributed by atoms with Gasteiger partial charge in [-0.25, -0.2) is 4.98 Å². The van der Waals surface area contributed by atoms with Gasteiger partial charge in [0, 0.05) is 12.6 Å². The summed E-state index contributed by atoms with van der Waals surface area (Å²) in [5, 5.41) is 0. The van der Waals surface area contributed by atoms with Gasteiger partial charge in [-0.3, -0.25) is 0 Å². The fraction of sp³-hybridized carbons (Fsp3) is 0.533. The standard InChI is InChI=1S/C15H23N3O/c1-10(2)9-18-14-6-5-12(19-11(3)4)7-13(14)17-15(18)8-16/h5-7,10-11H,8-9,16H2,1-4H3. The van der Waals surface area contributed by atoms with E-state index in [1.165, 1.54) is 0 Å². The molecule has 0 saturated carbocycles. The second-order valence-corrected chi connectivity index (χ2v) is 5.55.